The van der Waals surface area contributed by atoms with Crippen molar-refractivity contribution in [3.05, 3.63) is 35.9 Å². The Morgan fingerprint density at radius 1 is 1.56 bits per heavy atom. The minimum absolute atomic E-state index is 0.0252. The lowest BCUT2D eigenvalue weighted by Crippen LogP contribution is -2.08. The first-order valence-corrected chi connectivity index (χ1v) is 5.16. The van der Waals surface area contributed by atoms with Gasteiger partial charge in [-0.2, -0.15) is 5.10 Å². The number of carboxylic acid groups (broad SMARTS) is 1. The zero-order valence-corrected chi connectivity index (χ0v) is 9.70. The maximum absolute atomic E-state index is 11.0. The van der Waals surface area contributed by atoms with Crippen LogP contribution in [0.15, 0.2) is 24.5 Å². The minimum atomic E-state index is -1.09. The van der Waals surface area contributed by atoms with E-state index in [-0.39, 0.29) is 17.9 Å². The lowest BCUT2D eigenvalue weighted by atomic mass is 10.2. The highest BCUT2D eigenvalue weighted by atomic mass is 16.5. The highest BCUT2D eigenvalue weighted by molar-refractivity contribution is 5.92. The van der Waals surface area contributed by atoms with Crippen molar-refractivity contribution in [1.82, 2.24) is 14.8 Å². The molecule has 1 heterocycles. The third-order valence-corrected chi connectivity index (χ3v) is 2.40. The van der Waals surface area contributed by atoms with Gasteiger partial charge in [0.2, 0.25) is 0 Å². The number of nitrogen functional groups attached to an aromatic ring is 1. The standard InChI is InChI=1S/C11H12N4O3/c1-15-10(13-6-14-15)5-18-9-3-2-7(12)4-8(9)11(16)17/h2-4,6H,5,12H2,1H3,(H,16,17). The van der Waals surface area contributed by atoms with Gasteiger partial charge < -0.3 is 15.6 Å². The number of aryl methyl sites for hydroxylation is 1. The molecule has 2 aromatic rings. The van der Waals surface area contributed by atoms with Gasteiger partial charge in [0.25, 0.3) is 0 Å². The van der Waals surface area contributed by atoms with Crippen molar-refractivity contribution in [2.75, 3.05) is 5.73 Å². The molecule has 18 heavy (non-hydrogen) atoms. The highest BCUT2D eigenvalue weighted by Gasteiger charge is 2.12. The molecular formula is C11H12N4O3. The Bertz CT molecular complexity index is 579. The molecule has 0 aliphatic heterocycles. The van der Waals surface area contributed by atoms with Crippen LogP contribution in [0.5, 0.6) is 5.75 Å². The molecule has 0 unspecified atom stereocenters. The Labute approximate surface area is 103 Å². The lowest BCUT2D eigenvalue weighted by Gasteiger charge is -2.09. The number of carboxylic acids is 1. The van der Waals surface area contributed by atoms with Crippen molar-refractivity contribution in [3.63, 3.8) is 0 Å². The van der Waals surface area contributed by atoms with Crippen molar-refractivity contribution in [2.45, 2.75) is 6.61 Å². The lowest BCUT2D eigenvalue weighted by molar-refractivity contribution is 0.0691. The van der Waals surface area contributed by atoms with Gasteiger partial charge in [0.1, 0.15) is 24.2 Å². The second kappa shape index (κ2) is 4.74. The monoisotopic (exact) mass is 248 g/mol. The van der Waals surface area contributed by atoms with Crippen LogP contribution in [0.25, 0.3) is 0 Å². The van der Waals surface area contributed by atoms with Crippen LogP contribution in [0.4, 0.5) is 5.69 Å². The van der Waals surface area contributed by atoms with Crippen molar-refractivity contribution < 1.29 is 14.6 Å². The number of ether oxygens (including phenoxy) is 1. The van der Waals surface area contributed by atoms with E-state index in [4.69, 9.17) is 15.6 Å². The van der Waals surface area contributed by atoms with Crippen LogP contribution in [0, 0.1) is 0 Å². The third-order valence-electron chi connectivity index (χ3n) is 2.40. The molecular weight excluding hydrogens is 236 g/mol. The van der Waals surface area contributed by atoms with E-state index in [0.717, 1.165) is 0 Å². The van der Waals surface area contributed by atoms with E-state index >= 15 is 0 Å². The summed E-state index contributed by atoms with van der Waals surface area (Å²) in [5.41, 5.74) is 5.93. The number of aromatic carboxylic acids is 1. The smallest absolute Gasteiger partial charge is 0.339 e. The number of benzene rings is 1. The molecule has 3 N–H and O–H groups in total. The van der Waals surface area contributed by atoms with Gasteiger partial charge in [-0.25, -0.2) is 9.78 Å². The van der Waals surface area contributed by atoms with E-state index in [0.29, 0.717) is 11.5 Å². The predicted molar refractivity (Wildman–Crippen MR) is 63.1 cm³/mol. The second-order valence-corrected chi connectivity index (χ2v) is 3.65. The van der Waals surface area contributed by atoms with Gasteiger partial charge >= 0.3 is 5.97 Å². The molecule has 0 radical (unpaired) electrons. The summed E-state index contributed by atoms with van der Waals surface area (Å²) in [7, 11) is 1.73. The number of anilines is 1. The van der Waals surface area contributed by atoms with E-state index in [1.165, 1.54) is 18.5 Å². The summed E-state index contributed by atoms with van der Waals surface area (Å²) in [6, 6.07) is 4.46. The molecule has 2 rings (SSSR count). The van der Waals surface area contributed by atoms with E-state index < -0.39 is 5.97 Å². The SMILES string of the molecule is Cn1ncnc1COc1ccc(N)cc1C(=O)O. The van der Waals surface area contributed by atoms with Gasteiger partial charge in [-0.15, -0.1) is 0 Å². The van der Waals surface area contributed by atoms with Crippen LogP contribution >= 0.6 is 0 Å². The summed E-state index contributed by atoms with van der Waals surface area (Å²) in [5, 5.41) is 12.9. The van der Waals surface area contributed by atoms with E-state index in [9.17, 15) is 4.79 Å². The van der Waals surface area contributed by atoms with E-state index in [2.05, 4.69) is 10.1 Å². The van der Waals surface area contributed by atoms with E-state index in [1.807, 2.05) is 0 Å². The third kappa shape index (κ3) is 2.40. The zero-order chi connectivity index (χ0) is 13.1. The fourth-order valence-corrected chi connectivity index (χ4v) is 1.43. The predicted octanol–water partition coefficient (Wildman–Crippen LogP) is 0.675. The normalized spacial score (nSPS) is 10.3. The molecule has 0 saturated heterocycles. The molecule has 0 spiro atoms. The number of rotatable bonds is 4. The van der Waals surface area contributed by atoms with Crippen molar-refractivity contribution in [3.8, 4) is 5.75 Å². The maximum Gasteiger partial charge on any atom is 0.339 e. The molecule has 7 heteroatoms. The fraction of sp³-hybridized carbons (Fsp3) is 0.182. The van der Waals surface area contributed by atoms with E-state index in [1.54, 1.807) is 17.8 Å². The molecule has 0 fully saturated rings. The van der Waals surface area contributed by atoms with Gasteiger partial charge in [0, 0.05) is 12.7 Å². The van der Waals surface area contributed by atoms with Crippen molar-refractivity contribution >= 4 is 11.7 Å². The average Bonchev–Trinajstić information content (AvgIpc) is 2.73. The molecule has 1 aromatic heterocycles. The quantitative estimate of drug-likeness (QED) is 0.771. The Morgan fingerprint density at radius 3 is 2.94 bits per heavy atom. The number of nitrogens with zero attached hydrogens (tertiary/aromatic N) is 3. The first-order chi connectivity index (χ1) is 8.58. The largest absolute Gasteiger partial charge is 0.485 e. The molecule has 0 saturated carbocycles. The fourth-order valence-electron chi connectivity index (χ4n) is 1.43. The highest BCUT2D eigenvalue weighted by Crippen LogP contribution is 2.22. The Hall–Kier alpha value is -2.57. The van der Waals surface area contributed by atoms with Gasteiger partial charge in [0.05, 0.1) is 0 Å². The summed E-state index contributed by atoms with van der Waals surface area (Å²) in [4.78, 5) is 15.0. The Morgan fingerprint density at radius 2 is 2.33 bits per heavy atom. The molecule has 0 bridgehead atoms. The molecule has 0 aliphatic carbocycles. The maximum atomic E-state index is 11.0. The van der Waals surface area contributed by atoms with Crippen molar-refractivity contribution in [1.29, 1.82) is 0 Å². The van der Waals surface area contributed by atoms with Crippen LogP contribution in [-0.2, 0) is 13.7 Å². The zero-order valence-electron chi connectivity index (χ0n) is 9.70. The van der Waals surface area contributed by atoms with Crippen molar-refractivity contribution in [2.24, 2.45) is 7.05 Å². The van der Waals surface area contributed by atoms with Crippen LogP contribution in [0.2, 0.25) is 0 Å². The number of carbonyl (C=O) groups is 1. The molecule has 1 aromatic carbocycles. The molecule has 0 amide bonds. The number of hydrogen-bond acceptors (Lipinski definition) is 5. The topological polar surface area (TPSA) is 103 Å². The van der Waals surface area contributed by atoms with Gasteiger partial charge in [0.15, 0.2) is 5.82 Å². The van der Waals surface area contributed by atoms with Gasteiger partial charge in [-0.3, -0.25) is 4.68 Å². The molecule has 7 nitrogen and oxygen atoms in total. The first-order valence-electron chi connectivity index (χ1n) is 5.16. The van der Waals surface area contributed by atoms with Gasteiger partial charge in [-0.05, 0) is 18.2 Å². The number of hydrogen-bond donors (Lipinski definition) is 2. The summed E-state index contributed by atoms with van der Waals surface area (Å²) in [6.07, 6.45) is 1.40. The van der Waals surface area contributed by atoms with Crippen LogP contribution in [-0.4, -0.2) is 25.8 Å². The van der Waals surface area contributed by atoms with Gasteiger partial charge in [-0.1, -0.05) is 0 Å². The van der Waals surface area contributed by atoms with Crippen LogP contribution in [0.3, 0.4) is 0 Å². The number of aromatic nitrogens is 3. The minimum Gasteiger partial charge on any atom is -0.485 e. The summed E-state index contributed by atoms with van der Waals surface area (Å²) in [5.74, 6) is -0.238. The number of nitrogens with two attached hydrogens (primary N) is 1. The summed E-state index contributed by atoms with van der Waals surface area (Å²) in [6.45, 7) is 0.140. The summed E-state index contributed by atoms with van der Waals surface area (Å²) < 4.78 is 6.97. The first kappa shape index (κ1) is 11.9. The summed E-state index contributed by atoms with van der Waals surface area (Å²) >= 11 is 0. The second-order valence-electron chi connectivity index (χ2n) is 3.65. The Balaban J connectivity index is 2.19. The van der Waals surface area contributed by atoms with Crippen LogP contribution in [0.1, 0.15) is 16.2 Å². The Kier molecular flexibility index (Phi) is 3.13. The average molecular weight is 248 g/mol. The molecule has 94 valence electrons. The van der Waals surface area contributed by atoms with Crippen LogP contribution < -0.4 is 10.5 Å². The molecule has 0 aliphatic rings. The molecule has 0 atom stereocenters.